The lowest BCUT2D eigenvalue weighted by Crippen LogP contribution is -2.00. The highest BCUT2D eigenvalue weighted by Crippen LogP contribution is 2.38. The summed E-state index contributed by atoms with van der Waals surface area (Å²) in [6, 6.07) is 2.41. The van der Waals surface area contributed by atoms with Crippen LogP contribution in [-0.2, 0) is 16.5 Å². The highest BCUT2D eigenvalue weighted by Gasteiger charge is 2.21. The zero-order chi connectivity index (χ0) is 19.1. The summed E-state index contributed by atoms with van der Waals surface area (Å²) in [5, 5.41) is 10.6. The minimum Gasteiger partial charge on any atom is -0.398 e. The lowest BCUT2D eigenvalue weighted by atomic mass is 10.0. The molecule has 0 bridgehead atoms. The number of aromatic nitrogens is 4. The maximum atomic E-state index is 14.6. The summed E-state index contributed by atoms with van der Waals surface area (Å²) in [4.78, 5) is 4.32. The summed E-state index contributed by atoms with van der Waals surface area (Å²) in [5.41, 5.74) is 13.8. The number of fused-ring (bicyclic) bond motifs is 1. The average Bonchev–Trinajstić information content (AvgIpc) is 3.27. The summed E-state index contributed by atoms with van der Waals surface area (Å²) in [5.74, 6) is -0.947. The standard InChI is InChI=1S/C16H13FN6O3S/c17-11-2-12(18)7(6-27(24)25)1-9(11)14-13-15(26-23-16(13)19)10(5-20-14)8-3-21-22-4-8/h1-5,27H,6,18H2,(H2,19,23)(H,21,22). The van der Waals surface area contributed by atoms with E-state index in [0.29, 0.717) is 22.1 Å². The second kappa shape index (κ2) is 6.36. The lowest BCUT2D eigenvalue weighted by Gasteiger charge is -2.10. The van der Waals surface area contributed by atoms with Crippen molar-refractivity contribution in [3.05, 3.63) is 42.1 Å². The van der Waals surface area contributed by atoms with Gasteiger partial charge in [-0.15, -0.1) is 0 Å². The molecule has 27 heavy (non-hydrogen) atoms. The topological polar surface area (TPSA) is 154 Å². The molecular formula is C16H13FN6O3S. The van der Waals surface area contributed by atoms with Crippen LogP contribution in [-0.4, -0.2) is 28.8 Å². The van der Waals surface area contributed by atoms with Crippen LogP contribution in [0.15, 0.2) is 35.2 Å². The zero-order valence-electron chi connectivity index (χ0n) is 13.6. The fraction of sp³-hybridized carbons (Fsp3) is 0.0625. The number of benzene rings is 1. The SMILES string of the molecule is Nc1cc(F)c(-c2ncc(-c3cn[nH]c3)c3onc(N)c23)cc1C[SH](=O)=O. The molecule has 0 amide bonds. The van der Waals surface area contributed by atoms with Crippen molar-refractivity contribution in [1.82, 2.24) is 20.3 Å². The Balaban J connectivity index is 1.98. The first-order valence-electron chi connectivity index (χ1n) is 7.68. The highest BCUT2D eigenvalue weighted by molar-refractivity contribution is 7.71. The quantitative estimate of drug-likeness (QED) is 0.304. The number of nitrogens with two attached hydrogens (primary N) is 2. The van der Waals surface area contributed by atoms with Crippen LogP contribution in [0.1, 0.15) is 5.56 Å². The number of hydrogen-bond acceptors (Lipinski definition) is 8. The zero-order valence-corrected chi connectivity index (χ0v) is 14.5. The van der Waals surface area contributed by atoms with E-state index in [0.717, 1.165) is 6.07 Å². The molecule has 0 radical (unpaired) electrons. The number of pyridine rings is 1. The second-order valence-corrected chi connectivity index (χ2v) is 6.78. The Kier molecular flexibility index (Phi) is 4.00. The first-order chi connectivity index (χ1) is 13.0. The normalized spacial score (nSPS) is 11.5. The first-order valence-corrected chi connectivity index (χ1v) is 9.05. The van der Waals surface area contributed by atoms with Gasteiger partial charge in [-0.2, -0.15) is 5.10 Å². The number of nitrogens with one attached hydrogen (secondary N) is 1. The number of anilines is 2. The molecule has 4 aromatic rings. The molecule has 3 heterocycles. The smallest absolute Gasteiger partial charge is 0.180 e. The van der Waals surface area contributed by atoms with Crippen molar-refractivity contribution in [2.45, 2.75) is 5.75 Å². The molecule has 0 spiro atoms. The molecular weight excluding hydrogens is 375 g/mol. The van der Waals surface area contributed by atoms with E-state index in [-0.39, 0.29) is 34.1 Å². The van der Waals surface area contributed by atoms with Gasteiger partial charge in [0.2, 0.25) is 0 Å². The number of halogens is 1. The van der Waals surface area contributed by atoms with Crippen LogP contribution in [0.25, 0.3) is 33.4 Å². The molecule has 0 unspecified atom stereocenters. The summed E-state index contributed by atoms with van der Waals surface area (Å²) >= 11 is 0. The van der Waals surface area contributed by atoms with Gasteiger partial charge in [-0.25, -0.2) is 12.8 Å². The van der Waals surface area contributed by atoms with Crippen LogP contribution in [0.5, 0.6) is 0 Å². The predicted octanol–water partition coefficient (Wildman–Crippen LogP) is 1.69. The van der Waals surface area contributed by atoms with E-state index in [2.05, 4.69) is 20.3 Å². The average molecular weight is 388 g/mol. The van der Waals surface area contributed by atoms with Gasteiger partial charge in [0, 0.05) is 34.8 Å². The van der Waals surface area contributed by atoms with Gasteiger partial charge in [0.05, 0.1) is 23.0 Å². The van der Waals surface area contributed by atoms with E-state index in [4.69, 9.17) is 16.0 Å². The van der Waals surface area contributed by atoms with Crippen molar-refractivity contribution in [2.24, 2.45) is 0 Å². The molecule has 0 aliphatic heterocycles. The van der Waals surface area contributed by atoms with E-state index >= 15 is 0 Å². The van der Waals surface area contributed by atoms with Gasteiger partial charge >= 0.3 is 0 Å². The van der Waals surface area contributed by atoms with Crippen LogP contribution in [0.4, 0.5) is 15.9 Å². The molecule has 5 N–H and O–H groups in total. The molecule has 3 aromatic heterocycles. The minimum atomic E-state index is -2.73. The number of rotatable bonds is 4. The van der Waals surface area contributed by atoms with E-state index in [1.54, 1.807) is 12.4 Å². The van der Waals surface area contributed by atoms with Crippen LogP contribution in [0.3, 0.4) is 0 Å². The predicted molar refractivity (Wildman–Crippen MR) is 97.6 cm³/mol. The molecule has 0 aliphatic carbocycles. The van der Waals surface area contributed by atoms with Crippen molar-refractivity contribution in [3.8, 4) is 22.4 Å². The van der Waals surface area contributed by atoms with Crippen LogP contribution in [0.2, 0.25) is 0 Å². The number of nitrogen functional groups attached to an aromatic ring is 2. The van der Waals surface area contributed by atoms with Gasteiger partial charge in [-0.1, -0.05) is 5.16 Å². The Bertz CT molecular complexity index is 1220. The Morgan fingerprint density at radius 1 is 1.19 bits per heavy atom. The largest absolute Gasteiger partial charge is 0.398 e. The summed E-state index contributed by atoms with van der Waals surface area (Å²) in [7, 11) is -2.73. The van der Waals surface area contributed by atoms with Crippen molar-refractivity contribution in [3.63, 3.8) is 0 Å². The molecule has 11 heteroatoms. The number of H-pyrrole nitrogens is 1. The van der Waals surface area contributed by atoms with Crippen molar-refractivity contribution < 1.29 is 17.3 Å². The Hall–Kier alpha value is -3.47. The summed E-state index contributed by atoms with van der Waals surface area (Å²) in [6.07, 6.45) is 4.69. The second-order valence-electron chi connectivity index (χ2n) is 5.80. The number of hydrogen-bond donors (Lipinski definition) is 4. The molecule has 0 aliphatic rings. The molecule has 9 nitrogen and oxygen atoms in total. The van der Waals surface area contributed by atoms with Crippen molar-refractivity contribution in [1.29, 1.82) is 0 Å². The fourth-order valence-corrected chi connectivity index (χ4v) is 3.42. The van der Waals surface area contributed by atoms with Crippen LogP contribution >= 0.6 is 0 Å². The number of nitrogens with zero attached hydrogens (tertiary/aromatic N) is 3. The molecule has 0 fully saturated rings. The fourth-order valence-electron chi connectivity index (χ4n) is 2.87. The minimum absolute atomic E-state index is 0.0329. The van der Waals surface area contributed by atoms with Crippen LogP contribution < -0.4 is 11.5 Å². The molecule has 138 valence electrons. The van der Waals surface area contributed by atoms with Gasteiger partial charge < -0.3 is 16.0 Å². The summed E-state index contributed by atoms with van der Waals surface area (Å²) in [6.45, 7) is 0. The Morgan fingerprint density at radius 3 is 2.70 bits per heavy atom. The highest BCUT2D eigenvalue weighted by atomic mass is 32.2. The maximum Gasteiger partial charge on any atom is 0.180 e. The summed E-state index contributed by atoms with van der Waals surface area (Å²) < 4.78 is 42.1. The van der Waals surface area contributed by atoms with Crippen molar-refractivity contribution in [2.75, 3.05) is 11.5 Å². The van der Waals surface area contributed by atoms with E-state index in [1.807, 2.05) is 0 Å². The third kappa shape index (κ3) is 2.87. The molecule has 1 aromatic carbocycles. The van der Waals surface area contributed by atoms with Gasteiger partial charge in [0.1, 0.15) is 16.5 Å². The number of thiol groups is 1. The third-order valence-electron chi connectivity index (χ3n) is 4.12. The molecule has 4 rings (SSSR count). The van der Waals surface area contributed by atoms with Gasteiger partial charge in [-0.05, 0) is 17.7 Å². The lowest BCUT2D eigenvalue weighted by molar-refractivity contribution is 0.461. The number of aromatic amines is 1. The Labute approximate surface area is 153 Å². The van der Waals surface area contributed by atoms with Gasteiger partial charge in [0.15, 0.2) is 11.4 Å². The van der Waals surface area contributed by atoms with E-state index in [9.17, 15) is 12.8 Å². The van der Waals surface area contributed by atoms with E-state index in [1.165, 1.54) is 12.3 Å². The third-order valence-corrected chi connectivity index (χ3v) is 4.71. The van der Waals surface area contributed by atoms with Gasteiger partial charge in [0.25, 0.3) is 0 Å². The molecule has 0 atom stereocenters. The van der Waals surface area contributed by atoms with Gasteiger partial charge in [-0.3, -0.25) is 10.1 Å². The Morgan fingerprint density at radius 2 is 2.00 bits per heavy atom. The first kappa shape index (κ1) is 17.0. The van der Waals surface area contributed by atoms with Crippen LogP contribution in [0, 0.1) is 5.82 Å². The monoisotopic (exact) mass is 388 g/mol. The van der Waals surface area contributed by atoms with Crippen molar-refractivity contribution >= 4 is 33.2 Å². The maximum absolute atomic E-state index is 14.6. The molecule has 0 saturated heterocycles. The molecule has 0 saturated carbocycles. The van der Waals surface area contributed by atoms with E-state index < -0.39 is 16.5 Å².